The standard InChI is InChI=1S/C13H13ClINS/c1-8-7-10(15)3-4-11(8)16-9(2)12-5-6-13(14)17-12/h3-7,9,16H,1-2H3. The molecular formula is C13H13ClINS. The number of aryl methyl sites for hydroxylation is 1. The van der Waals surface area contributed by atoms with Crippen LogP contribution < -0.4 is 5.32 Å². The summed E-state index contributed by atoms with van der Waals surface area (Å²) in [5, 5.41) is 3.52. The van der Waals surface area contributed by atoms with Gasteiger partial charge in [0.25, 0.3) is 0 Å². The summed E-state index contributed by atoms with van der Waals surface area (Å²) < 4.78 is 2.10. The molecule has 2 aromatic rings. The highest BCUT2D eigenvalue weighted by Crippen LogP contribution is 2.30. The Morgan fingerprint density at radius 1 is 1.29 bits per heavy atom. The lowest BCUT2D eigenvalue weighted by atomic mass is 10.2. The fourth-order valence-electron chi connectivity index (χ4n) is 1.65. The minimum absolute atomic E-state index is 0.284. The molecule has 17 heavy (non-hydrogen) atoms. The van der Waals surface area contributed by atoms with Crippen LogP contribution in [0.1, 0.15) is 23.4 Å². The van der Waals surface area contributed by atoms with E-state index in [0.29, 0.717) is 0 Å². The van der Waals surface area contributed by atoms with Crippen LogP contribution in [0.25, 0.3) is 0 Å². The predicted molar refractivity (Wildman–Crippen MR) is 85.3 cm³/mol. The molecular weight excluding hydrogens is 365 g/mol. The van der Waals surface area contributed by atoms with Gasteiger partial charge in [-0.1, -0.05) is 11.6 Å². The summed E-state index contributed by atoms with van der Waals surface area (Å²) in [6.07, 6.45) is 0. The van der Waals surface area contributed by atoms with Crippen molar-refractivity contribution < 1.29 is 0 Å². The quantitative estimate of drug-likeness (QED) is 0.698. The van der Waals surface area contributed by atoms with Gasteiger partial charge in [0, 0.05) is 14.1 Å². The van der Waals surface area contributed by atoms with Crippen molar-refractivity contribution in [3.05, 3.63) is 48.7 Å². The lowest BCUT2D eigenvalue weighted by Crippen LogP contribution is -2.06. The number of rotatable bonds is 3. The first-order valence-electron chi connectivity index (χ1n) is 5.34. The van der Waals surface area contributed by atoms with Crippen molar-refractivity contribution in [2.24, 2.45) is 0 Å². The first-order chi connectivity index (χ1) is 8.06. The van der Waals surface area contributed by atoms with E-state index in [1.165, 1.54) is 19.7 Å². The van der Waals surface area contributed by atoms with Crippen LogP contribution in [0.4, 0.5) is 5.69 Å². The monoisotopic (exact) mass is 377 g/mol. The second-order valence-corrected chi connectivity index (χ2v) is 6.96. The number of halogens is 2. The Morgan fingerprint density at radius 2 is 2.06 bits per heavy atom. The van der Waals surface area contributed by atoms with Crippen molar-refractivity contribution >= 4 is 51.2 Å². The highest BCUT2D eigenvalue weighted by molar-refractivity contribution is 14.1. The van der Waals surface area contributed by atoms with E-state index in [9.17, 15) is 0 Å². The number of hydrogen-bond acceptors (Lipinski definition) is 2. The van der Waals surface area contributed by atoms with Crippen molar-refractivity contribution in [3.63, 3.8) is 0 Å². The molecule has 1 atom stereocenters. The SMILES string of the molecule is Cc1cc(I)ccc1NC(C)c1ccc(Cl)s1. The van der Waals surface area contributed by atoms with Gasteiger partial charge >= 0.3 is 0 Å². The topological polar surface area (TPSA) is 12.0 Å². The number of hydrogen-bond donors (Lipinski definition) is 1. The van der Waals surface area contributed by atoms with E-state index < -0.39 is 0 Å². The molecule has 1 heterocycles. The van der Waals surface area contributed by atoms with E-state index in [1.807, 2.05) is 6.07 Å². The third-order valence-corrected chi connectivity index (χ3v) is 4.67. The molecule has 1 aromatic heterocycles. The zero-order chi connectivity index (χ0) is 12.4. The Morgan fingerprint density at radius 3 is 2.65 bits per heavy atom. The van der Waals surface area contributed by atoms with Gasteiger partial charge in [-0.15, -0.1) is 11.3 Å². The Balaban J connectivity index is 2.15. The second-order valence-electron chi connectivity index (χ2n) is 3.97. The van der Waals surface area contributed by atoms with Crippen molar-refractivity contribution in [1.29, 1.82) is 0 Å². The molecule has 1 unspecified atom stereocenters. The molecule has 0 aliphatic heterocycles. The van der Waals surface area contributed by atoms with Gasteiger partial charge in [0.15, 0.2) is 0 Å². The van der Waals surface area contributed by atoms with Gasteiger partial charge in [-0.3, -0.25) is 0 Å². The lowest BCUT2D eigenvalue weighted by molar-refractivity contribution is 0.905. The third kappa shape index (κ3) is 3.36. The van der Waals surface area contributed by atoms with Crippen LogP contribution in [0, 0.1) is 10.5 Å². The van der Waals surface area contributed by atoms with Crippen LogP contribution in [0.15, 0.2) is 30.3 Å². The molecule has 0 aliphatic rings. The van der Waals surface area contributed by atoms with Gasteiger partial charge in [-0.25, -0.2) is 0 Å². The molecule has 1 nitrogen and oxygen atoms in total. The fourth-order valence-corrected chi connectivity index (χ4v) is 3.36. The maximum absolute atomic E-state index is 5.95. The Kier molecular flexibility index (Phi) is 4.33. The van der Waals surface area contributed by atoms with Crippen molar-refractivity contribution in [2.45, 2.75) is 19.9 Å². The molecule has 2 rings (SSSR count). The maximum Gasteiger partial charge on any atom is 0.0932 e. The van der Waals surface area contributed by atoms with Gasteiger partial charge in [-0.05, 0) is 72.3 Å². The van der Waals surface area contributed by atoms with Gasteiger partial charge in [0.1, 0.15) is 0 Å². The van der Waals surface area contributed by atoms with Crippen molar-refractivity contribution in [2.75, 3.05) is 5.32 Å². The smallest absolute Gasteiger partial charge is 0.0932 e. The lowest BCUT2D eigenvalue weighted by Gasteiger charge is -2.15. The summed E-state index contributed by atoms with van der Waals surface area (Å²) in [4.78, 5) is 1.26. The highest BCUT2D eigenvalue weighted by Gasteiger charge is 2.09. The molecule has 0 saturated heterocycles. The number of nitrogens with one attached hydrogen (secondary N) is 1. The van der Waals surface area contributed by atoms with Gasteiger partial charge in [-0.2, -0.15) is 0 Å². The van der Waals surface area contributed by atoms with E-state index in [0.717, 1.165) is 4.34 Å². The number of thiophene rings is 1. The minimum Gasteiger partial charge on any atom is -0.377 e. The van der Waals surface area contributed by atoms with E-state index in [-0.39, 0.29) is 6.04 Å². The molecule has 0 amide bonds. The first-order valence-corrected chi connectivity index (χ1v) is 7.61. The molecule has 0 radical (unpaired) electrons. The molecule has 4 heteroatoms. The molecule has 1 N–H and O–H groups in total. The minimum atomic E-state index is 0.284. The second kappa shape index (κ2) is 5.59. The summed E-state index contributed by atoms with van der Waals surface area (Å²) >= 11 is 9.90. The summed E-state index contributed by atoms with van der Waals surface area (Å²) in [5.74, 6) is 0. The van der Waals surface area contributed by atoms with Crippen LogP contribution >= 0.6 is 45.5 Å². The molecule has 0 saturated carbocycles. The van der Waals surface area contributed by atoms with E-state index in [2.05, 4.69) is 66.0 Å². The third-order valence-electron chi connectivity index (χ3n) is 2.58. The first kappa shape index (κ1) is 13.2. The largest absolute Gasteiger partial charge is 0.377 e. The Hall–Kier alpha value is -0.260. The summed E-state index contributed by atoms with van der Waals surface area (Å²) in [6.45, 7) is 4.28. The summed E-state index contributed by atoms with van der Waals surface area (Å²) in [5.41, 5.74) is 2.45. The molecule has 0 fully saturated rings. The van der Waals surface area contributed by atoms with Crippen LogP contribution in [-0.2, 0) is 0 Å². The van der Waals surface area contributed by atoms with E-state index in [4.69, 9.17) is 11.6 Å². The molecule has 0 bridgehead atoms. The van der Waals surface area contributed by atoms with Gasteiger partial charge < -0.3 is 5.32 Å². The maximum atomic E-state index is 5.95. The van der Waals surface area contributed by atoms with E-state index in [1.54, 1.807) is 11.3 Å². The van der Waals surface area contributed by atoms with Crippen LogP contribution in [0.5, 0.6) is 0 Å². The van der Waals surface area contributed by atoms with Gasteiger partial charge in [0.2, 0.25) is 0 Å². The molecule has 1 aromatic carbocycles. The average Bonchev–Trinajstić information content (AvgIpc) is 2.69. The zero-order valence-electron chi connectivity index (χ0n) is 9.63. The van der Waals surface area contributed by atoms with Crippen molar-refractivity contribution in [1.82, 2.24) is 0 Å². The Bertz CT molecular complexity index is 524. The zero-order valence-corrected chi connectivity index (χ0v) is 13.4. The van der Waals surface area contributed by atoms with Crippen LogP contribution in [0.3, 0.4) is 0 Å². The van der Waals surface area contributed by atoms with Crippen molar-refractivity contribution in [3.8, 4) is 0 Å². The van der Waals surface area contributed by atoms with Gasteiger partial charge in [0.05, 0.1) is 10.4 Å². The normalized spacial score (nSPS) is 12.5. The summed E-state index contributed by atoms with van der Waals surface area (Å²) in [7, 11) is 0. The average molecular weight is 378 g/mol. The Labute approximate surface area is 124 Å². The summed E-state index contributed by atoms with van der Waals surface area (Å²) in [6, 6.07) is 10.7. The number of anilines is 1. The molecule has 90 valence electrons. The van der Waals surface area contributed by atoms with Crippen LogP contribution in [0.2, 0.25) is 4.34 Å². The number of benzene rings is 1. The van der Waals surface area contributed by atoms with Crippen LogP contribution in [-0.4, -0.2) is 0 Å². The van der Waals surface area contributed by atoms with E-state index >= 15 is 0 Å². The molecule has 0 aliphatic carbocycles. The highest BCUT2D eigenvalue weighted by atomic mass is 127. The fraction of sp³-hybridized carbons (Fsp3) is 0.231. The predicted octanol–water partition coefficient (Wildman–Crippen LogP) is 5.49. The molecule has 0 spiro atoms.